The van der Waals surface area contributed by atoms with Crippen molar-refractivity contribution in [3.63, 3.8) is 0 Å². The van der Waals surface area contributed by atoms with Crippen LogP contribution in [0.15, 0.2) is 54.6 Å². The van der Waals surface area contributed by atoms with Crippen LogP contribution in [0.2, 0.25) is 5.02 Å². The first-order valence-corrected chi connectivity index (χ1v) is 6.75. The summed E-state index contributed by atoms with van der Waals surface area (Å²) in [6, 6.07) is 17.4. The molecule has 3 heteroatoms. The van der Waals surface area contributed by atoms with E-state index in [9.17, 15) is 5.11 Å². The maximum Gasteiger partial charge on any atom is 0.0940 e. The van der Waals surface area contributed by atoms with Crippen LogP contribution in [0, 0.1) is 0 Å². The van der Waals surface area contributed by atoms with Gasteiger partial charge in [0.25, 0.3) is 0 Å². The van der Waals surface area contributed by atoms with Gasteiger partial charge in [-0.05, 0) is 30.2 Å². The Morgan fingerprint density at radius 3 is 2.53 bits per heavy atom. The molecule has 2 rings (SSSR count). The van der Waals surface area contributed by atoms with Crippen molar-refractivity contribution in [1.82, 2.24) is 5.32 Å². The molecule has 0 heterocycles. The maximum absolute atomic E-state index is 10.2. The molecule has 0 aliphatic heterocycles. The summed E-state index contributed by atoms with van der Waals surface area (Å²) in [5.74, 6) is 0. The summed E-state index contributed by atoms with van der Waals surface area (Å²) in [5, 5.41) is 14.3. The van der Waals surface area contributed by atoms with Crippen molar-refractivity contribution in [2.75, 3.05) is 0 Å². The fourth-order valence-electron chi connectivity index (χ4n) is 1.98. The summed E-state index contributed by atoms with van der Waals surface area (Å²) in [6.45, 7) is 2.66. The molecule has 2 aromatic rings. The van der Waals surface area contributed by atoms with Crippen LogP contribution in [0.4, 0.5) is 0 Å². The molecule has 0 saturated carbocycles. The molecule has 2 atom stereocenters. The van der Waals surface area contributed by atoms with E-state index in [2.05, 4.69) is 5.32 Å². The van der Waals surface area contributed by atoms with Crippen molar-refractivity contribution >= 4 is 11.6 Å². The lowest BCUT2D eigenvalue weighted by molar-refractivity contribution is 0.135. The Bertz CT molecular complexity index is 515. The van der Waals surface area contributed by atoms with Gasteiger partial charge in [0, 0.05) is 17.6 Å². The van der Waals surface area contributed by atoms with Gasteiger partial charge in [-0.25, -0.2) is 0 Å². The molecule has 0 aliphatic carbocycles. The lowest BCUT2D eigenvalue weighted by Crippen LogP contribution is -2.31. The molecule has 0 radical (unpaired) electrons. The zero-order valence-corrected chi connectivity index (χ0v) is 11.6. The van der Waals surface area contributed by atoms with Gasteiger partial charge in [-0.1, -0.05) is 54.1 Å². The lowest BCUT2D eigenvalue weighted by Gasteiger charge is -2.20. The molecular weight excluding hydrogens is 258 g/mol. The fraction of sp³-hybridized carbons (Fsp3) is 0.250. The SMILES string of the molecule is CC(NCc1cccc(Cl)c1)C(O)c1ccccc1. The van der Waals surface area contributed by atoms with Crippen molar-refractivity contribution < 1.29 is 5.11 Å². The second-order valence-corrected chi connectivity index (χ2v) is 5.09. The van der Waals surface area contributed by atoms with E-state index in [1.54, 1.807) is 0 Å². The summed E-state index contributed by atoms with van der Waals surface area (Å²) in [6.07, 6.45) is -0.514. The first-order valence-electron chi connectivity index (χ1n) is 6.37. The number of halogens is 1. The van der Waals surface area contributed by atoms with E-state index >= 15 is 0 Å². The molecule has 0 amide bonds. The molecule has 2 N–H and O–H groups in total. The first-order chi connectivity index (χ1) is 9.16. The van der Waals surface area contributed by atoms with Crippen molar-refractivity contribution in [3.8, 4) is 0 Å². The van der Waals surface area contributed by atoms with E-state index in [4.69, 9.17) is 11.6 Å². The van der Waals surface area contributed by atoms with E-state index < -0.39 is 6.10 Å². The van der Waals surface area contributed by atoms with Crippen LogP contribution in [0.1, 0.15) is 24.2 Å². The molecule has 0 fully saturated rings. The Morgan fingerprint density at radius 2 is 1.84 bits per heavy atom. The van der Waals surface area contributed by atoms with Crippen molar-refractivity contribution in [2.45, 2.75) is 25.6 Å². The zero-order valence-electron chi connectivity index (χ0n) is 10.9. The Labute approximate surface area is 119 Å². The molecule has 100 valence electrons. The van der Waals surface area contributed by atoms with Gasteiger partial charge >= 0.3 is 0 Å². The second-order valence-electron chi connectivity index (χ2n) is 4.66. The van der Waals surface area contributed by atoms with Crippen molar-refractivity contribution in [3.05, 3.63) is 70.7 Å². The van der Waals surface area contributed by atoms with E-state index in [0.29, 0.717) is 6.54 Å². The average Bonchev–Trinajstić information content (AvgIpc) is 2.45. The molecular formula is C16H18ClNO. The van der Waals surface area contributed by atoms with Crippen LogP contribution in [0.5, 0.6) is 0 Å². The Morgan fingerprint density at radius 1 is 1.11 bits per heavy atom. The molecule has 19 heavy (non-hydrogen) atoms. The quantitative estimate of drug-likeness (QED) is 0.875. The number of aliphatic hydroxyl groups excluding tert-OH is 1. The molecule has 0 aliphatic rings. The first kappa shape index (κ1) is 14.1. The number of rotatable bonds is 5. The van der Waals surface area contributed by atoms with Crippen LogP contribution in [-0.4, -0.2) is 11.1 Å². The van der Waals surface area contributed by atoms with Crippen LogP contribution < -0.4 is 5.32 Å². The standard InChI is InChI=1S/C16H18ClNO/c1-12(16(19)14-7-3-2-4-8-14)18-11-13-6-5-9-15(17)10-13/h2-10,12,16,18-19H,11H2,1H3. The van der Waals surface area contributed by atoms with E-state index in [1.807, 2.05) is 61.5 Å². The molecule has 0 bridgehead atoms. The summed E-state index contributed by atoms with van der Waals surface area (Å²) in [5.41, 5.74) is 2.04. The summed E-state index contributed by atoms with van der Waals surface area (Å²) in [7, 11) is 0. The molecule has 0 saturated heterocycles. The predicted octanol–water partition coefficient (Wildman–Crippen LogP) is 3.55. The topological polar surface area (TPSA) is 32.3 Å². The van der Waals surface area contributed by atoms with E-state index in [-0.39, 0.29) is 6.04 Å². The number of benzene rings is 2. The third kappa shape index (κ3) is 4.06. The highest BCUT2D eigenvalue weighted by atomic mass is 35.5. The number of nitrogens with one attached hydrogen (secondary N) is 1. The normalized spacial score (nSPS) is 14.1. The molecule has 2 unspecified atom stereocenters. The highest BCUT2D eigenvalue weighted by molar-refractivity contribution is 6.30. The molecule has 2 aromatic carbocycles. The van der Waals surface area contributed by atoms with Crippen LogP contribution >= 0.6 is 11.6 Å². The summed E-state index contributed by atoms with van der Waals surface area (Å²) in [4.78, 5) is 0. The van der Waals surface area contributed by atoms with Gasteiger partial charge < -0.3 is 10.4 Å². The van der Waals surface area contributed by atoms with Crippen molar-refractivity contribution in [1.29, 1.82) is 0 Å². The van der Waals surface area contributed by atoms with Crippen LogP contribution in [-0.2, 0) is 6.54 Å². The summed E-state index contributed by atoms with van der Waals surface area (Å²) < 4.78 is 0. The van der Waals surface area contributed by atoms with E-state index in [1.165, 1.54) is 0 Å². The van der Waals surface area contributed by atoms with Gasteiger partial charge in [-0.3, -0.25) is 0 Å². The number of hydrogen-bond acceptors (Lipinski definition) is 2. The summed E-state index contributed by atoms with van der Waals surface area (Å²) >= 11 is 5.94. The minimum absolute atomic E-state index is 0.0265. The van der Waals surface area contributed by atoms with Gasteiger partial charge in [0.2, 0.25) is 0 Å². The monoisotopic (exact) mass is 275 g/mol. The maximum atomic E-state index is 10.2. The highest BCUT2D eigenvalue weighted by Gasteiger charge is 2.15. The van der Waals surface area contributed by atoms with Crippen molar-refractivity contribution in [2.24, 2.45) is 0 Å². The van der Waals surface area contributed by atoms with Gasteiger partial charge in [-0.15, -0.1) is 0 Å². The molecule has 0 spiro atoms. The molecule has 2 nitrogen and oxygen atoms in total. The van der Waals surface area contributed by atoms with Crippen LogP contribution in [0.25, 0.3) is 0 Å². The minimum Gasteiger partial charge on any atom is -0.387 e. The van der Waals surface area contributed by atoms with Gasteiger partial charge in [0.15, 0.2) is 0 Å². The van der Waals surface area contributed by atoms with E-state index in [0.717, 1.165) is 16.1 Å². The number of aliphatic hydroxyl groups is 1. The predicted molar refractivity (Wildman–Crippen MR) is 79.2 cm³/mol. The van der Waals surface area contributed by atoms with Crippen LogP contribution in [0.3, 0.4) is 0 Å². The third-order valence-electron chi connectivity index (χ3n) is 3.13. The largest absolute Gasteiger partial charge is 0.387 e. The smallest absolute Gasteiger partial charge is 0.0940 e. The zero-order chi connectivity index (χ0) is 13.7. The molecule has 0 aromatic heterocycles. The minimum atomic E-state index is -0.514. The average molecular weight is 276 g/mol. The highest BCUT2D eigenvalue weighted by Crippen LogP contribution is 2.17. The Balaban J connectivity index is 1.92. The Kier molecular flexibility index (Phi) is 4.97. The number of hydrogen-bond donors (Lipinski definition) is 2. The Hall–Kier alpha value is -1.35. The fourth-order valence-corrected chi connectivity index (χ4v) is 2.19. The lowest BCUT2D eigenvalue weighted by atomic mass is 10.0. The van der Waals surface area contributed by atoms with Gasteiger partial charge in [-0.2, -0.15) is 0 Å². The third-order valence-corrected chi connectivity index (χ3v) is 3.37. The van der Waals surface area contributed by atoms with Gasteiger partial charge in [0.05, 0.1) is 6.10 Å². The second kappa shape index (κ2) is 6.71. The van der Waals surface area contributed by atoms with Gasteiger partial charge in [0.1, 0.15) is 0 Å².